The Morgan fingerprint density at radius 2 is 2.27 bits per heavy atom. The molecule has 0 unspecified atom stereocenters. The second-order valence-electron chi connectivity index (χ2n) is 2.64. The highest BCUT2D eigenvalue weighted by atomic mass is 19.1. The van der Waals surface area contributed by atoms with Gasteiger partial charge >= 0.3 is 6.03 Å². The molecule has 1 rings (SSSR count). The number of anilines is 2. The van der Waals surface area contributed by atoms with Crippen LogP contribution in [0.3, 0.4) is 0 Å². The number of carbonyl (C=O) groups is 1. The van der Waals surface area contributed by atoms with E-state index in [2.05, 4.69) is 20.6 Å². The number of rotatable bonds is 4. The summed E-state index contributed by atoms with van der Waals surface area (Å²) in [6.07, 6.45) is 0.964. The van der Waals surface area contributed by atoms with Crippen LogP contribution in [0.5, 0.6) is 0 Å². The summed E-state index contributed by atoms with van der Waals surface area (Å²) >= 11 is 0. The lowest BCUT2D eigenvalue weighted by atomic mass is 10.5. The third-order valence-corrected chi connectivity index (χ3v) is 1.48. The van der Waals surface area contributed by atoms with Gasteiger partial charge in [0.15, 0.2) is 11.6 Å². The average Bonchev–Trinajstić information content (AvgIpc) is 2.17. The van der Waals surface area contributed by atoms with E-state index in [1.54, 1.807) is 0 Å². The fourth-order valence-electron chi connectivity index (χ4n) is 0.871. The molecule has 0 aromatic carbocycles. The Morgan fingerprint density at radius 1 is 1.53 bits per heavy atom. The molecule has 0 atom stereocenters. The van der Waals surface area contributed by atoms with Crippen LogP contribution in [0.25, 0.3) is 0 Å². The first-order valence-corrected chi connectivity index (χ1v) is 4.15. The van der Waals surface area contributed by atoms with Gasteiger partial charge in [-0.25, -0.2) is 14.2 Å². The molecule has 0 saturated heterocycles. The summed E-state index contributed by atoms with van der Waals surface area (Å²) in [7, 11) is 0. The minimum Gasteiger partial charge on any atom is -0.368 e. The van der Waals surface area contributed by atoms with Crippen molar-refractivity contribution in [1.29, 1.82) is 0 Å². The summed E-state index contributed by atoms with van der Waals surface area (Å²) in [5, 5.41) is 4.96. The molecule has 1 aromatic heterocycles. The van der Waals surface area contributed by atoms with Gasteiger partial charge in [0.25, 0.3) is 0 Å². The van der Waals surface area contributed by atoms with E-state index in [1.807, 2.05) is 0 Å². The first kappa shape index (κ1) is 11.0. The Balaban J connectivity index is 2.43. The maximum Gasteiger partial charge on any atom is 0.312 e. The van der Waals surface area contributed by atoms with Crippen LogP contribution in [0.15, 0.2) is 6.20 Å². The second kappa shape index (κ2) is 4.94. The van der Waals surface area contributed by atoms with Gasteiger partial charge in [0, 0.05) is 13.1 Å². The molecule has 0 bridgehead atoms. The van der Waals surface area contributed by atoms with Crippen molar-refractivity contribution in [3.8, 4) is 0 Å². The van der Waals surface area contributed by atoms with Crippen molar-refractivity contribution < 1.29 is 9.18 Å². The van der Waals surface area contributed by atoms with E-state index in [9.17, 15) is 9.18 Å². The Labute approximate surface area is 85.1 Å². The van der Waals surface area contributed by atoms with Crippen molar-refractivity contribution >= 4 is 17.8 Å². The number of hydrogen-bond donors (Lipinski definition) is 4. The molecule has 0 aliphatic rings. The van der Waals surface area contributed by atoms with Gasteiger partial charge in [-0.3, -0.25) is 0 Å². The third kappa shape index (κ3) is 3.63. The molecule has 82 valence electrons. The molecule has 0 fully saturated rings. The lowest BCUT2D eigenvalue weighted by molar-refractivity contribution is 0.249. The Morgan fingerprint density at radius 3 is 2.93 bits per heavy atom. The average molecular weight is 214 g/mol. The van der Waals surface area contributed by atoms with Crippen LogP contribution in [0.4, 0.5) is 21.0 Å². The van der Waals surface area contributed by atoms with E-state index in [-0.39, 0.29) is 24.9 Å². The topological polar surface area (TPSA) is 119 Å². The number of primary amides is 1. The first-order valence-electron chi connectivity index (χ1n) is 4.15. The maximum absolute atomic E-state index is 13.0. The highest BCUT2D eigenvalue weighted by Gasteiger charge is 2.03. The molecule has 0 spiro atoms. The summed E-state index contributed by atoms with van der Waals surface area (Å²) in [5.74, 6) is -0.640. The van der Waals surface area contributed by atoms with Crippen molar-refractivity contribution in [3.63, 3.8) is 0 Å². The molecular formula is C7H11FN6O. The van der Waals surface area contributed by atoms with E-state index in [1.165, 1.54) is 0 Å². The number of nitrogens with zero attached hydrogens (tertiary/aromatic N) is 2. The molecule has 2 amide bonds. The van der Waals surface area contributed by atoms with Crippen molar-refractivity contribution in [2.75, 3.05) is 24.1 Å². The van der Waals surface area contributed by atoms with E-state index in [0.29, 0.717) is 0 Å². The molecule has 1 heterocycles. The maximum atomic E-state index is 13.0. The van der Waals surface area contributed by atoms with Gasteiger partial charge in [-0.05, 0) is 0 Å². The summed E-state index contributed by atoms with van der Waals surface area (Å²) in [6, 6.07) is -0.639. The molecule has 0 radical (unpaired) electrons. The quantitative estimate of drug-likeness (QED) is 0.493. The Kier molecular flexibility index (Phi) is 3.61. The number of halogens is 1. The van der Waals surface area contributed by atoms with E-state index in [4.69, 9.17) is 11.5 Å². The number of carbonyl (C=O) groups excluding carboxylic acids is 1. The van der Waals surface area contributed by atoms with Crippen LogP contribution in [0.1, 0.15) is 0 Å². The minimum absolute atomic E-state index is 0.00577. The Hall–Kier alpha value is -2.12. The van der Waals surface area contributed by atoms with Gasteiger partial charge in [-0.15, -0.1) is 0 Å². The number of nitrogens with one attached hydrogen (secondary N) is 2. The van der Waals surface area contributed by atoms with Crippen LogP contribution in [-0.4, -0.2) is 29.1 Å². The molecule has 1 aromatic rings. The highest BCUT2D eigenvalue weighted by molar-refractivity contribution is 5.71. The molecule has 0 aliphatic carbocycles. The smallest absolute Gasteiger partial charge is 0.312 e. The summed E-state index contributed by atoms with van der Waals surface area (Å²) in [4.78, 5) is 17.4. The van der Waals surface area contributed by atoms with E-state index >= 15 is 0 Å². The van der Waals surface area contributed by atoms with Gasteiger partial charge in [0.05, 0.1) is 6.20 Å². The lowest BCUT2D eigenvalue weighted by Gasteiger charge is -2.06. The highest BCUT2D eigenvalue weighted by Crippen LogP contribution is 2.08. The number of aromatic nitrogens is 2. The minimum atomic E-state index is -0.639. The largest absolute Gasteiger partial charge is 0.368 e. The summed E-state index contributed by atoms with van der Waals surface area (Å²) in [5.41, 5.74) is 10.1. The normalized spacial score (nSPS) is 9.67. The second-order valence-corrected chi connectivity index (χ2v) is 2.64. The zero-order valence-electron chi connectivity index (χ0n) is 7.83. The fraction of sp³-hybridized carbons (Fsp3) is 0.286. The van der Waals surface area contributed by atoms with Gasteiger partial charge in [-0.2, -0.15) is 4.98 Å². The van der Waals surface area contributed by atoms with Gasteiger partial charge in [0.2, 0.25) is 5.95 Å². The van der Waals surface area contributed by atoms with Crippen LogP contribution in [-0.2, 0) is 0 Å². The predicted octanol–water partition coefficient (Wildman–Crippen LogP) is -0.722. The standard InChI is InChI=1S/C7H11FN6O/c8-4-3-13-6(9)14-5(4)11-1-2-12-7(10)15/h3H,1-2H2,(H3,10,12,15)(H3,9,11,13,14). The number of urea groups is 1. The van der Waals surface area contributed by atoms with E-state index in [0.717, 1.165) is 6.20 Å². The van der Waals surface area contributed by atoms with Crippen LogP contribution >= 0.6 is 0 Å². The SMILES string of the molecule is NC(=O)NCCNc1nc(N)ncc1F. The van der Waals surface area contributed by atoms with Crippen molar-refractivity contribution in [1.82, 2.24) is 15.3 Å². The van der Waals surface area contributed by atoms with Crippen LogP contribution in [0, 0.1) is 5.82 Å². The molecule has 15 heavy (non-hydrogen) atoms. The number of hydrogen-bond acceptors (Lipinski definition) is 5. The molecule has 8 heteroatoms. The fourth-order valence-corrected chi connectivity index (χ4v) is 0.871. The van der Waals surface area contributed by atoms with Gasteiger partial charge in [-0.1, -0.05) is 0 Å². The zero-order chi connectivity index (χ0) is 11.3. The lowest BCUT2D eigenvalue weighted by Crippen LogP contribution is -2.33. The van der Waals surface area contributed by atoms with Crippen molar-refractivity contribution in [3.05, 3.63) is 12.0 Å². The van der Waals surface area contributed by atoms with Crippen LogP contribution < -0.4 is 22.1 Å². The number of amides is 2. The molecule has 6 N–H and O–H groups in total. The summed E-state index contributed by atoms with van der Waals surface area (Å²) < 4.78 is 13.0. The number of nitrogens with two attached hydrogens (primary N) is 2. The number of nitrogen functional groups attached to an aromatic ring is 1. The Bertz CT molecular complexity index is 357. The molecule has 0 saturated carbocycles. The predicted molar refractivity (Wildman–Crippen MR) is 52.5 cm³/mol. The van der Waals surface area contributed by atoms with Gasteiger partial charge < -0.3 is 22.1 Å². The third-order valence-electron chi connectivity index (χ3n) is 1.48. The first-order chi connectivity index (χ1) is 7.09. The van der Waals surface area contributed by atoms with Gasteiger partial charge in [0.1, 0.15) is 0 Å². The van der Waals surface area contributed by atoms with Crippen molar-refractivity contribution in [2.45, 2.75) is 0 Å². The van der Waals surface area contributed by atoms with E-state index < -0.39 is 11.8 Å². The van der Waals surface area contributed by atoms with Crippen molar-refractivity contribution in [2.24, 2.45) is 5.73 Å². The zero-order valence-corrected chi connectivity index (χ0v) is 7.83. The molecule has 7 nitrogen and oxygen atoms in total. The molecular weight excluding hydrogens is 203 g/mol. The monoisotopic (exact) mass is 214 g/mol. The molecule has 0 aliphatic heterocycles. The summed E-state index contributed by atoms with van der Waals surface area (Å²) in [6.45, 7) is 0.551. The van der Waals surface area contributed by atoms with Crippen LogP contribution in [0.2, 0.25) is 0 Å².